The van der Waals surface area contributed by atoms with E-state index in [9.17, 15) is 9.59 Å². The van der Waals surface area contributed by atoms with E-state index in [0.29, 0.717) is 24.5 Å². The van der Waals surface area contributed by atoms with Crippen LogP contribution in [0.1, 0.15) is 11.1 Å². The van der Waals surface area contributed by atoms with Crippen molar-refractivity contribution in [2.75, 3.05) is 46.2 Å². The van der Waals surface area contributed by atoms with Crippen LogP contribution in [-0.2, 0) is 23.1 Å². The van der Waals surface area contributed by atoms with Crippen molar-refractivity contribution < 1.29 is 14.3 Å². The summed E-state index contributed by atoms with van der Waals surface area (Å²) in [7, 11) is 7.21. The molecule has 2 N–H and O–H groups in total. The number of aliphatic imine (C=N–C) groups is 1. The highest BCUT2D eigenvalue weighted by atomic mass is 16.5. The van der Waals surface area contributed by atoms with E-state index in [2.05, 4.69) is 20.8 Å². The first-order valence-corrected chi connectivity index (χ1v) is 12.5. The zero-order valence-electron chi connectivity index (χ0n) is 22.6. The van der Waals surface area contributed by atoms with Gasteiger partial charge in [-0.25, -0.2) is 5.01 Å². The lowest BCUT2D eigenvalue weighted by Crippen LogP contribution is -2.47. The van der Waals surface area contributed by atoms with Gasteiger partial charge >= 0.3 is 0 Å². The summed E-state index contributed by atoms with van der Waals surface area (Å²) in [4.78, 5) is 33.1. The second-order valence-electron chi connectivity index (χ2n) is 9.68. The number of amidine groups is 1. The number of hydrogen-bond donors (Lipinski definition) is 2. The molecule has 3 aromatic rings. The molecule has 2 amide bonds. The molecule has 1 atom stereocenters. The average Bonchev–Trinajstić information content (AvgIpc) is 3.26. The summed E-state index contributed by atoms with van der Waals surface area (Å²) in [6.45, 7) is 2.44. The fourth-order valence-electron chi connectivity index (χ4n) is 4.58. The first-order valence-electron chi connectivity index (χ1n) is 12.5. The molecule has 2 heterocycles. The Morgan fingerprint density at radius 3 is 2.68 bits per heavy atom. The second-order valence-corrected chi connectivity index (χ2v) is 9.68. The molecule has 0 saturated carbocycles. The Bertz CT molecular complexity index is 1330. The highest BCUT2D eigenvalue weighted by molar-refractivity contribution is 5.98. The summed E-state index contributed by atoms with van der Waals surface area (Å²) in [5.41, 5.74) is 7.74. The van der Waals surface area contributed by atoms with Gasteiger partial charge in [0, 0.05) is 38.6 Å². The SMILES string of the molecule is COc1cccc(C)c1CC1CN=C(NN(C)C)CN(CC(=O)Nc2cccc(-c3cnn(C)c3)c2)C1=O. The van der Waals surface area contributed by atoms with Crippen LogP contribution >= 0.6 is 0 Å². The van der Waals surface area contributed by atoms with Crippen LogP contribution in [0.15, 0.2) is 59.9 Å². The van der Waals surface area contributed by atoms with E-state index in [1.165, 1.54) is 0 Å². The number of rotatable bonds is 8. The Morgan fingerprint density at radius 2 is 1.97 bits per heavy atom. The third-order valence-electron chi connectivity index (χ3n) is 6.41. The highest BCUT2D eigenvalue weighted by Gasteiger charge is 2.31. The Morgan fingerprint density at radius 1 is 1.18 bits per heavy atom. The Labute approximate surface area is 223 Å². The lowest BCUT2D eigenvalue weighted by molar-refractivity contribution is -0.137. The number of hydrogen-bond acceptors (Lipinski definition) is 7. The molecule has 4 rings (SSSR count). The van der Waals surface area contributed by atoms with Crippen LogP contribution in [0.3, 0.4) is 0 Å². The predicted octanol–water partition coefficient (Wildman–Crippen LogP) is 2.51. The minimum absolute atomic E-state index is 0.0918. The number of aromatic nitrogens is 2. The molecule has 1 aromatic heterocycles. The van der Waals surface area contributed by atoms with Crippen LogP contribution in [0, 0.1) is 12.8 Å². The topological polar surface area (TPSA) is 104 Å². The number of benzene rings is 2. The average molecular weight is 518 g/mol. The molecule has 0 bridgehead atoms. The smallest absolute Gasteiger partial charge is 0.244 e. The van der Waals surface area contributed by atoms with Gasteiger partial charge in [-0.05, 0) is 48.2 Å². The van der Waals surface area contributed by atoms with Crippen LogP contribution in [0.4, 0.5) is 5.69 Å². The van der Waals surface area contributed by atoms with Crippen molar-refractivity contribution in [2.45, 2.75) is 13.3 Å². The first-order chi connectivity index (χ1) is 18.2. The van der Waals surface area contributed by atoms with E-state index in [4.69, 9.17) is 4.74 Å². The standard InChI is InChI=1S/C28H35N7O3/c1-19-8-6-11-25(38-5)24(19)13-21-14-29-26(32-33(2)3)17-35(28(21)37)18-27(36)31-23-10-7-9-20(12-23)22-15-30-34(4)16-22/h6-12,15-16,21H,13-14,17-18H2,1-5H3,(H,29,32)(H,31,36). The minimum atomic E-state index is -0.423. The second kappa shape index (κ2) is 11.9. The predicted molar refractivity (Wildman–Crippen MR) is 148 cm³/mol. The molecule has 0 aliphatic carbocycles. The monoisotopic (exact) mass is 517 g/mol. The number of aryl methyl sites for hydroxylation is 2. The molecule has 0 fully saturated rings. The van der Waals surface area contributed by atoms with E-state index in [0.717, 1.165) is 28.0 Å². The van der Waals surface area contributed by atoms with E-state index in [1.807, 2.05) is 76.7 Å². The third-order valence-corrected chi connectivity index (χ3v) is 6.41. The van der Waals surface area contributed by atoms with Crippen LogP contribution in [0.2, 0.25) is 0 Å². The zero-order valence-corrected chi connectivity index (χ0v) is 22.6. The molecule has 1 aliphatic heterocycles. The lowest BCUT2D eigenvalue weighted by atomic mass is 9.94. The first kappa shape index (κ1) is 26.9. The van der Waals surface area contributed by atoms with Crippen LogP contribution in [0.25, 0.3) is 11.1 Å². The number of ether oxygens (including phenoxy) is 1. The van der Waals surface area contributed by atoms with Crippen molar-refractivity contribution in [3.05, 3.63) is 66.0 Å². The Kier molecular flexibility index (Phi) is 8.42. The molecule has 38 heavy (non-hydrogen) atoms. The molecule has 0 spiro atoms. The maximum Gasteiger partial charge on any atom is 0.244 e. The van der Waals surface area contributed by atoms with Crippen molar-refractivity contribution in [1.29, 1.82) is 0 Å². The van der Waals surface area contributed by atoms with Gasteiger partial charge in [0.2, 0.25) is 11.8 Å². The van der Waals surface area contributed by atoms with Gasteiger partial charge in [-0.15, -0.1) is 0 Å². The number of nitrogens with zero attached hydrogens (tertiary/aromatic N) is 5. The van der Waals surface area contributed by atoms with Crippen LogP contribution < -0.4 is 15.5 Å². The summed E-state index contributed by atoms with van der Waals surface area (Å²) >= 11 is 0. The van der Waals surface area contributed by atoms with Crippen molar-refractivity contribution in [3.8, 4) is 16.9 Å². The summed E-state index contributed by atoms with van der Waals surface area (Å²) in [5.74, 6) is 0.562. The number of anilines is 1. The van der Waals surface area contributed by atoms with Gasteiger partial charge < -0.3 is 20.4 Å². The molecule has 10 heteroatoms. The van der Waals surface area contributed by atoms with Crippen molar-refractivity contribution in [1.82, 2.24) is 25.1 Å². The maximum atomic E-state index is 13.7. The van der Waals surface area contributed by atoms with E-state index >= 15 is 0 Å². The third kappa shape index (κ3) is 6.57. The largest absolute Gasteiger partial charge is 0.496 e. The zero-order chi connectivity index (χ0) is 27.2. The molecule has 0 saturated heterocycles. The normalized spacial score (nSPS) is 15.7. The van der Waals surface area contributed by atoms with Gasteiger partial charge in [0.05, 0.1) is 32.3 Å². The fourth-order valence-corrected chi connectivity index (χ4v) is 4.58. The van der Waals surface area contributed by atoms with Gasteiger partial charge in [-0.2, -0.15) is 5.10 Å². The molecular formula is C28H35N7O3. The number of hydrazine groups is 1. The summed E-state index contributed by atoms with van der Waals surface area (Å²) in [5, 5.41) is 8.93. The van der Waals surface area contributed by atoms with E-state index in [1.54, 1.807) is 27.9 Å². The summed E-state index contributed by atoms with van der Waals surface area (Å²) < 4.78 is 7.29. The van der Waals surface area contributed by atoms with Crippen molar-refractivity contribution in [3.63, 3.8) is 0 Å². The molecule has 0 radical (unpaired) electrons. The molecule has 1 unspecified atom stereocenters. The molecule has 200 valence electrons. The van der Waals surface area contributed by atoms with E-state index < -0.39 is 5.92 Å². The minimum Gasteiger partial charge on any atom is -0.496 e. The maximum absolute atomic E-state index is 13.7. The quantitative estimate of drug-likeness (QED) is 0.445. The number of carbonyl (C=O) groups is 2. The molecular weight excluding hydrogens is 482 g/mol. The molecule has 10 nitrogen and oxygen atoms in total. The number of amides is 2. The van der Waals surface area contributed by atoms with Gasteiger partial charge in [0.1, 0.15) is 18.1 Å². The number of carbonyl (C=O) groups excluding carboxylic acids is 2. The van der Waals surface area contributed by atoms with E-state index in [-0.39, 0.29) is 24.9 Å². The Balaban J connectivity index is 1.52. The fraction of sp³-hybridized carbons (Fsp3) is 0.357. The van der Waals surface area contributed by atoms with Gasteiger partial charge in [-0.3, -0.25) is 19.3 Å². The summed E-state index contributed by atoms with van der Waals surface area (Å²) in [6.07, 6.45) is 4.16. The van der Waals surface area contributed by atoms with Crippen LogP contribution in [-0.4, -0.2) is 78.2 Å². The van der Waals surface area contributed by atoms with Crippen LogP contribution in [0.5, 0.6) is 5.75 Å². The van der Waals surface area contributed by atoms with Gasteiger partial charge in [-0.1, -0.05) is 24.3 Å². The Hall–Kier alpha value is -4.18. The molecule has 1 aliphatic rings. The van der Waals surface area contributed by atoms with Crippen molar-refractivity contribution in [2.24, 2.45) is 18.0 Å². The van der Waals surface area contributed by atoms with Gasteiger partial charge in [0.25, 0.3) is 0 Å². The number of methoxy groups -OCH3 is 1. The summed E-state index contributed by atoms with van der Waals surface area (Å²) in [6, 6.07) is 13.4. The van der Waals surface area contributed by atoms with Crippen molar-refractivity contribution >= 4 is 23.3 Å². The highest BCUT2D eigenvalue weighted by Crippen LogP contribution is 2.27. The number of nitrogens with one attached hydrogen (secondary N) is 2. The molecule has 2 aromatic carbocycles. The lowest BCUT2D eigenvalue weighted by Gasteiger charge is -2.25. The van der Waals surface area contributed by atoms with Gasteiger partial charge in [0.15, 0.2) is 0 Å².